The number of nitrogens with one attached hydrogen (secondary N) is 2. The van der Waals surface area contributed by atoms with E-state index in [1.165, 1.54) is 42.2 Å². The van der Waals surface area contributed by atoms with Crippen molar-refractivity contribution in [2.24, 2.45) is 4.99 Å². The predicted molar refractivity (Wildman–Crippen MR) is 103 cm³/mol. The first kappa shape index (κ1) is 18.6. The molecule has 3 rings (SSSR count). The van der Waals surface area contributed by atoms with E-state index in [-0.39, 0.29) is 23.4 Å². The van der Waals surface area contributed by atoms with Gasteiger partial charge in [0.15, 0.2) is 10.3 Å². The summed E-state index contributed by atoms with van der Waals surface area (Å²) in [6.45, 7) is 1.67. The van der Waals surface area contributed by atoms with E-state index in [1.807, 2.05) is 0 Å². The third-order valence-electron chi connectivity index (χ3n) is 3.12. The number of hydrogen-bond acceptors (Lipinski definition) is 6. The fourth-order valence-electron chi connectivity index (χ4n) is 1.99. The Kier molecular flexibility index (Phi) is 5.70. The van der Waals surface area contributed by atoms with Gasteiger partial charge in [-0.3, -0.25) is 14.6 Å². The number of halogens is 2. The number of aliphatic imine (C=N–C) groups is 1. The predicted octanol–water partition coefficient (Wildman–Crippen LogP) is 3.65. The van der Waals surface area contributed by atoms with Crippen LogP contribution in [-0.2, 0) is 16.1 Å². The Hall–Kier alpha value is -2.23. The molecule has 2 heterocycles. The van der Waals surface area contributed by atoms with Crippen LogP contribution in [-0.4, -0.2) is 22.0 Å². The lowest BCUT2D eigenvalue weighted by atomic mass is 10.2. The van der Waals surface area contributed by atoms with Crippen LogP contribution < -0.4 is 10.6 Å². The van der Waals surface area contributed by atoms with Crippen molar-refractivity contribution in [3.8, 4) is 0 Å². The normalized spacial score (nSPS) is 17.0. The summed E-state index contributed by atoms with van der Waals surface area (Å²) in [7, 11) is 0. The Morgan fingerprint density at radius 2 is 2.31 bits per heavy atom. The fraction of sp³-hybridized carbons (Fsp3) is 0.125. The van der Waals surface area contributed by atoms with Gasteiger partial charge in [0.2, 0.25) is 5.91 Å². The first-order valence-corrected chi connectivity index (χ1v) is 9.34. The molecule has 1 aliphatic rings. The van der Waals surface area contributed by atoms with Gasteiger partial charge in [-0.2, -0.15) is 0 Å². The minimum absolute atomic E-state index is 0.0339. The van der Waals surface area contributed by atoms with Gasteiger partial charge in [-0.15, -0.1) is 0 Å². The first-order chi connectivity index (χ1) is 12.4. The maximum atomic E-state index is 13.2. The molecule has 1 aliphatic heterocycles. The van der Waals surface area contributed by atoms with Crippen LogP contribution >= 0.6 is 34.7 Å². The van der Waals surface area contributed by atoms with Crippen LogP contribution in [0.15, 0.2) is 34.3 Å². The molecule has 1 aromatic carbocycles. The largest absolute Gasteiger partial charge is 0.302 e. The highest BCUT2D eigenvalue weighted by molar-refractivity contribution is 8.18. The number of carbonyl (C=O) groups excluding carboxylic acids is 2. The molecular formula is C16H12ClFN4O2S2. The van der Waals surface area contributed by atoms with Gasteiger partial charge >= 0.3 is 0 Å². The Labute approximate surface area is 161 Å². The molecule has 1 aromatic heterocycles. The molecule has 1 saturated heterocycles. The fourth-order valence-corrected chi connectivity index (χ4v) is 3.89. The number of thiazole rings is 1. The standard InChI is InChI=1S/C16H12ClFN4O2S2/c1-8(23)21-15-20-7-10(25-15)5-13-14(24)22-16(26-13)19-6-9-2-3-12(18)11(17)4-9/h2-5,7H,6H2,1H3,(H,19,22,24)(H,20,21,23)/b13-5-. The monoisotopic (exact) mass is 410 g/mol. The molecule has 26 heavy (non-hydrogen) atoms. The minimum atomic E-state index is -0.486. The third-order valence-corrected chi connectivity index (χ3v) is 5.22. The van der Waals surface area contributed by atoms with Crippen LogP contribution in [0.4, 0.5) is 9.52 Å². The molecule has 0 unspecified atom stereocenters. The lowest BCUT2D eigenvalue weighted by Crippen LogP contribution is -2.19. The Morgan fingerprint density at radius 3 is 3.04 bits per heavy atom. The summed E-state index contributed by atoms with van der Waals surface area (Å²) in [4.78, 5) is 32.6. The van der Waals surface area contributed by atoms with Crippen LogP contribution in [0.25, 0.3) is 6.08 Å². The number of aromatic nitrogens is 1. The lowest BCUT2D eigenvalue weighted by molar-refractivity contribution is -0.115. The van der Waals surface area contributed by atoms with Crippen molar-refractivity contribution in [3.05, 3.63) is 50.6 Å². The van der Waals surface area contributed by atoms with E-state index in [2.05, 4.69) is 20.6 Å². The molecule has 1 fully saturated rings. The van der Waals surface area contributed by atoms with E-state index in [1.54, 1.807) is 18.3 Å². The Bertz CT molecular complexity index is 942. The van der Waals surface area contributed by atoms with Crippen LogP contribution in [0.1, 0.15) is 17.4 Å². The van der Waals surface area contributed by atoms with Crippen molar-refractivity contribution in [1.82, 2.24) is 10.3 Å². The second kappa shape index (κ2) is 7.98. The maximum absolute atomic E-state index is 13.2. The average molecular weight is 411 g/mol. The van der Waals surface area contributed by atoms with Crippen molar-refractivity contribution in [1.29, 1.82) is 0 Å². The number of thioether (sulfide) groups is 1. The summed E-state index contributed by atoms with van der Waals surface area (Å²) >= 11 is 8.20. The molecule has 10 heteroatoms. The highest BCUT2D eigenvalue weighted by Gasteiger charge is 2.24. The zero-order valence-electron chi connectivity index (χ0n) is 13.4. The maximum Gasteiger partial charge on any atom is 0.264 e. The van der Waals surface area contributed by atoms with Crippen LogP contribution in [0.2, 0.25) is 5.02 Å². The zero-order valence-corrected chi connectivity index (χ0v) is 15.8. The minimum Gasteiger partial charge on any atom is -0.302 e. The number of benzene rings is 1. The summed E-state index contributed by atoms with van der Waals surface area (Å²) in [5.74, 6) is -0.956. The summed E-state index contributed by atoms with van der Waals surface area (Å²) in [5, 5.41) is 6.21. The highest BCUT2D eigenvalue weighted by Crippen LogP contribution is 2.29. The summed E-state index contributed by atoms with van der Waals surface area (Å²) < 4.78 is 13.2. The molecule has 0 saturated carbocycles. The Morgan fingerprint density at radius 1 is 1.50 bits per heavy atom. The topological polar surface area (TPSA) is 83.4 Å². The van der Waals surface area contributed by atoms with E-state index in [0.717, 1.165) is 10.4 Å². The highest BCUT2D eigenvalue weighted by atomic mass is 35.5. The number of rotatable bonds is 4. The molecule has 0 aliphatic carbocycles. The van der Waals surface area contributed by atoms with Crippen molar-refractivity contribution >= 4 is 62.9 Å². The average Bonchev–Trinajstić information content (AvgIpc) is 3.15. The van der Waals surface area contributed by atoms with Crippen LogP contribution in [0, 0.1) is 5.82 Å². The number of anilines is 1. The first-order valence-electron chi connectivity index (χ1n) is 7.33. The number of carbonyl (C=O) groups is 2. The zero-order chi connectivity index (χ0) is 18.7. The van der Waals surface area contributed by atoms with Gasteiger partial charge in [0.1, 0.15) is 5.82 Å². The van der Waals surface area contributed by atoms with Crippen LogP contribution in [0.5, 0.6) is 0 Å². The van der Waals surface area contributed by atoms with Gasteiger partial charge < -0.3 is 10.6 Å². The van der Waals surface area contributed by atoms with Gasteiger partial charge in [0, 0.05) is 13.1 Å². The van der Waals surface area contributed by atoms with E-state index in [0.29, 0.717) is 15.2 Å². The van der Waals surface area contributed by atoms with Crippen molar-refractivity contribution in [2.45, 2.75) is 13.5 Å². The van der Waals surface area contributed by atoms with Gasteiger partial charge in [-0.1, -0.05) is 29.0 Å². The SMILES string of the molecule is CC(=O)Nc1ncc(/C=C2\SC(=NCc3ccc(F)c(Cl)c3)NC2=O)s1. The molecular weight excluding hydrogens is 399 g/mol. The van der Waals surface area contributed by atoms with Crippen molar-refractivity contribution in [2.75, 3.05) is 5.32 Å². The number of amidine groups is 1. The summed E-state index contributed by atoms with van der Waals surface area (Å²) in [5.41, 5.74) is 0.735. The van der Waals surface area contributed by atoms with E-state index in [4.69, 9.17) is 11.6 Å². The molecule has 0 radical (unpaired) electrons. The van der Waals surface area contributed by atoms with E-state index >= 15 is 0 Å². The van der Waals surface area contributed by atoms with Crippen LogP contribution in [0.3, 0.4) is 0 Å². The number of nitrogens with zero attached hydrogens (tertiary/aromatic N) is 2. The molecule has 2 N–H and O–H groups in total. The number of amides is 2. The van der Waals surface area contributed by atoms with E-state index < -0.39 is 5.82 Å². The van der Waals surface area contributed by atoms with Gasteiger partial charge in [-0.25, -0.2) is 9.37 Å². The smallest absolute Gasteiger partial charge is 0.264 e. The van der Waals surface area contributed by atoms with Crippen molar-refractivity contribution < 1.29 is 14.0 Å². The molecule has 134 valence electrons. The molecule has 0 bridgehead atoms. The summed E-state index contributed by atoms with van der Waals surface area (Å²) in [6.07, 6.45) is 3.26. The van der Waals surface area contributed by atoms with Gasteiger partial charge in [-0.05, 0) is 35.5 Å². The molecule has 2 amide bonds. The lowest BCUT2D eigenvalue weighted by Gasteiger charge is -2.00. The second-order valence-corrected chi connectivity index (χ2v) is 7.68. The second-order valence-electron chi connectivity index (χ2n) is 5.18. The molecule has 0 spiro atoms. The molecule has 2 aromatic rings. The Balaban J connectivity index is 1.68. The quantitative estimate of drug-likeness (QED) is 0.753. The van der Waals surface area contributed by atoms with E-state index in [9.17, 15) is 14.0 Å². The molecule has 0 atom stereocenters. The van der Waals surface area contributed by atoms with Gasteiger partial charge in [0.05, 0.1) is 21.3 Å². The van der Waals surface area contributed by atoms with Crippen molar-refractivity contribution in [3.63, 3.8) is 0 Å². The summed E-state index contributed by atoms with van der Waals surface area (Å²) in [6, 6.07) is 4.37. The third kappa shape index (κ3) is 4.69. The van der Waals surface area contributed by atoms with Gasteiger partial charge in [0.25, 0.3) is 5.91 Å². The number of hydrogen-bond donors (Lipinski definition) is 2. The molecule has 6 nitrogen and oxygen atoms in total.